The fourth-order valence-corrected chi connectivity index (χ4v) is 3.74. The van der Waals surface area contributed by atoms with Crippen LogP contribution in [0.15, 0.2) is 54.6 Å². The monoisotopic (exact) mass is 375 g/mol. The Morgan fingerprint density at radius 3 is 2.29 bits per heavy atom. The van der Waals surface area contributed by atoms with Gasteiger partial charge in [-0.1, -0.05) is 48.0 Å². The fourth-order valence-electron chi connectivity index (χ4n) is 3.74. The van der Waals surface area contributed by atoms with Gasteiger partial charge in [-0.15, -0.1) is 0 Å². The van der Waals surface area contributed by atoms with Crippen LogP contribution in [-0.4, -0.2) is 35.7 Å². The summed E-state index contributed by atoms with van der Waals surface area (Å²) in [6.45, 7) is 3.86. The number of carbonyl (C=O) groups excluding carboxylic acids is 1. The van der Waals surface area contributed by atoms with Crippen molar-refractivity contribution in [3.8, 4) is 17.1 Å². The number of benzene rings is 2. The summed E-state index contributed by atoms with van der Waals surface area (Å²) >= 11 is 0. The molecule has 4 rings (SSSR count). The van der Waals surface area contributed by atoms with Gasteiger partial charge in [0.05, 0.1) is 7.11 Å². The number of hydrogen-bond donors (Lipinski definition) is 0. The molecule has 0 bridgehead atoms. The summed E-state index contributed by atoms with van der Waals surface area (Å²) in [6, 6.07) is 18.1. The predicted molar refractivity (Wildman–Crippen MR) is 111 cm³/mol. The summed E-state index contributed by atoms with van der Waals surface area (Å²) in [5.74, 6) is 1.10. The number of esters is 1. The number of hydrogen-bond acceptors (Lipinski definition) is 4. The highest BCUT2D eigenvalue weighted by molar-refractivity contribution is 5.95. The lowest BCUT2D eigenvalue weighted by Gasteiger charge is -2.27. The number of piperidine rings is 1. The van der Waals surface area contributed by atoms with E-state index in [1.165, 1.54) is 19.1 Å². The lowest BCUT2D eigenvalue weighted by atomic mass is 10.1. The maximum absolute atomic E-state index is 12.9. The fraction of sp³-hybridized carbons (Fsp3) is 0.304. The van der Waals surface area contributed by atoms with Crippen molar-refractivity contribution in [2.45, 2.75) is 26.2 Å². The summed E-state index contributed by atoms with van der Waals surface area (Å²) < 4.78 is 7.11. The Kier molecular flexibility index (Phi) is 5.15. The Hall–Kier alpha value is -3.08. The molecule has 0 spiro atoms. The van der Waals surface area contributed by atoms with Crippen molar-refractivity contribution in [3.63, 3.8) is 0 Å². The predicted octanol–water partition coefficient (Wildman–Crippen LogP) is 4.62. The second-order valence-electron chi connectivity index (χ2n) is 7.18. The maximum atomic E-state index is 12.9. The Balaban J connectivity index is 1.97. The quantitative estimate of drug-likeness (QED) is 0.624. The van der Waals surface area contributed by atoms with Crippen LogP contribution in [0.5, 0.6) is 0 Å². The van der Waals surface area contributed by atoms with Gasteiger partial charge in [-0.25, -0.2) is 9.78 Å². The summed E-state index contributed by atoms with van der Waals surface area (Å²) in [5.41, 5.74) is 3.53. The first kappa shape index (κ1) is 18.3. The van der Waals surface area contributed by atoms with Gasteiger partial charge >= 0.3 is 5.97 Å². The van der Waals surface area contributed by atoms with E-state index in [1.54, 1.807) is 0 Å². The zero-order valence-electron chi connectivity index (χ0n) is 16.4. The van der Waals surface area contributed by atoms with Crippen LogP contribution >= 0.6 is 0 Å². The van der Waals surface area contributed by atoms with E-state index in [0.717, 1.165) is 43.0 Å². The van der Waals surface area contributed by atoms with Gasteiger partial charge in [-0.05, 0) is 38.3 Å². The Bertz CT molecular complexity index is 956. The number of imidazole rings is 1. The van der Waals surface area contributed by atoms with Gasteiger partial charge in [0.15, 0.2) is 11.5 Å². The molecule has 0 aliphatic carbocycles. The van der Waals surface area contributed by atoms with Crippen molar-refractivity contribution in [2.24, 2.45) is 0 Å². The summed E-state index contributed by atoms with van der Waals surface area (Å²) in [6.07, 6.45) is 3.44. The van der Waals surface area contributed by atoms with E-state index in [0.29, 0.717) is 11.5 Å². The molecular formula is C23H25N3O2. The van der Waals surface area contributed by atoms with E-state index in [-0.39, 0.29) is 5.97 Å². The van der Waals surface area contributed by atoms with Crippen molar-refractivity contribution in [1.82, 2.24) is 9.55 Å². The lowest BCUT2D eigenvalue weighted by Crippen LogP contribution is -2.31. The molecule has 2 heterocycles. The van der Waals surface area contributed by atoms with Gasteiger partial charge in [0, 0.05) is 24.3 Å². The highest BCUT2D eigenvalue weighted by atomic mass is 16.5. The molecule has 3 aromatic rings. The highest BCUT2D eigenvalue weighted by Crippen LogP contribution is 2.33. The van der Waals surface area contributed by atoms with Gasteiger partial charge in [0.1, 0.15) is 5.82 Å². The number of carbonyl (C=O) groups is 1. The number of rotatable bonds is 4. The van der Waals surface area contributed by atoms with E-state index >= 15 is 0 Å². The normalized spacial score (nSPS) is 14.1. The molecule has 5 heteroatoms. The molecule has 0 atom stereocenters. The van der Waals surface area contributed by atoms with E-state index in [1.807, 2.05) is 59.2 Å². The van der Waals surface area contributed by atoms with Crippen LogP contribution in [-0.2, 0) is 4.74 Å². The van der Waals surface area contributed by atoms with Gasteiger partial charge in [-0.2, -0.15) is 0 Å². The van der Waals surface area contributed by atoms with E-state index in [9.17, 15) is 4.79 Å². The van der Waals surface area contributed by atoms with Crippen LogP contribution in [0.4, 0.5) is 5.82 Å². The Morgan fingerprint density at radius 2 is 1.64 bits per heavy atom. The minimum atomic E-state index is -0.365. The first-order valence-corrected chi connectivity index (χ1v) is 9.77. The average Bonchev–Trinajstić information content (AvgIpc) is 3.15. The minimum Gasteiger partial charge on any atom is -0.464 e. The van der Waals surface area contributed by atoms with Crippen LogP contribution in [0, 0.1) is 6.92 Å². The molecule has 0 unspecified atom stereocenters. The molecule has 1 saturated heterocycles. The van der Waals surface area contributed by atoms with Crippen LogP contribution in [0.25, 0.3) is 17.1 Å². The molecule has 2 aromatic carbocycles. The molecular weight excluding hydrogens is 350 g/mol. The molecule has 0 N–H and O–H groups in total. The standard InChI is InChI=1S/C23H25N3O2/c1-17-11-13-19(14-12-17)26-20(23(27)28-2)22(25-15-7-4-8-16-25)24-21(26)18-9-5-3-6-10-18/h3,5-6,9-14H,4,7-8,15-16H2,1-2H3. The molecule has 0 saturated carbocycles. The largest absolute Gasteiger partial charge is 0.464 e. The van der Waals surface area contributed by atoms with Crippen molar-refractivity contribution in [1.29, 1.82) is 0 Å². The second kappa shape index (κ2) is 7.89. The van der Waals surface area contributed by atoms with Crippen LogP contribution in [0.3, 0.4) is 0 Å². The number of anilines is 1. The van der Waals surface area contributed by atoms with Gasteiger partial charge in [0.2, 0.25) is 0 Å². The lowest BCUT2D eigenvalue weighted by molar-refractivity contribution is 0.0592. The van der Waals surface area contributed by atoms with Crippen LogP contribution < -0.4 is 4.90 Å². The summed E-state index contributed by atoms with van der Waals surface area (Å²) in [5, 5.41) is 0. The molecule has 5 nitrogen and oxygen atoms in total. The number of ether oxygens (including phenoxy) is 1. The smallest absolute Gasteiger partial charge is 0.358 e. The molecule has 144 valence electrons. The number of aromatic nitrogens is 2. The third-order valence-corrected chi connectivity index (χ3v) is 5.22. The highest BCUT2D eigenvalue weighted by Gasteiger charge is 2.29. The molecule has 0 amide bonds. The zero-order valence-corrected chi connectivity index (χ0v) is 16.4. The summed E-state index contributed by atoms with van der Waals surface area (Å²) in [7, 11) is 1.43. The second-order valence-corrected chi connectivity index (χ2v) is 7.18. The van der Waals surface area contributed by atoms with Crippen molar-refractivity contribution < 1.29 is 9.53 Å². The Labute approximate surface area is 165 Å². The first-order chi connectivity index (χ1) is 13.7. The Morgan fingerprint density at radius 1 is 0.964 bits per heavy atom. The molecule has 28 heavy (non-hydrogen) atoms. The molecule has 1 aliphatic heterocycles. The topological polar surface area (TPSA) is 47.4 Å². The maximum Gasteiger partial charge on any atom is 0.358 e. The number of aryl methyl sites for hydroxylation is 1. The number of methoxy groups -OCH3 is 1. The molecule has 0 radical (unpaired) electrons. The van der Waals surface area contributed by atoms with E-state index in [4.69, 9.17) is 9.72 Å². The van der Waals surface area contributed by atoms with Gasteiger partial charge < -0.3 is 9.64 Å². The van der Waals surface area contributed by atoms with E-state index < -0.39 is 0 Å². The zero-order chi connectivity index (χ0) is 19.5. The SMILES string of the molecule is COC(=O)c1c(N2CCCCC2)nc(-c2ccccc2)n1-c1ccc(C)cc1. The van der Waals surface area contributed by atoms with Gasteiger partial charge in [-0.3, -0.25) is 4.57 Å². The third-order valence-electron chi connectivity index (χ3n) is 5.22. The molecule has 1 aliphatic rings. The van der Waals surface area contributed by atoms with Gasteiger partial charge in [0.25, 0.3) is 0 Å². The van der Waals surface area contributed by atoms with Crippen molar-refractivity contribution in [2.75, 3.05) is 25.1 Å². The van der Waals surface area contributed by atoms with E-state index in [2.05, 4.69) is 11.8 Å². The van der Waals surface area contributed by atoms with Crippen LogP contribution in [0.1, 0.15) is 35.3 Å². The molecule has 1 aromatic heterocycles. The van der Waals surface area contributed by atoms with Crippen LogP contribution in [0.2, 0.25) is 0 Å². The van der Waals surface area contributed by atoms with Crippen molar-refractivity contribution >= 4 is 11.8 Å². The average molecular weight is 375 g/mol. The minimum absolute atomic E-state index is 0.365. The van der Waals surface area contributed by atoms with Crippen molar-refractivity contribution in [3.05, 3.63) is 65.9 Å². The molecule has 1 fully saturated rings. The summed E-state index contributed by atoms with van der Waals surface area (Å²) in [4.78, 5) is 20.0. The number of nitrogens with zero attached hydrogens (tertiary/aromatic N) is 3. The first-order valence-electron chi connectivity index (χ1n) is 9.77. The third kappa shape index (κ3) is 3.40.